The standard InChI is InChI=1S/C2H2Cl2/c3-1-2-4/h1-2H/b2-1-/i1D,2D. The fourth-order valence-electron chi connectivity index (χ4n) is 0. The summed E-state index contributed by atoms with van der Waals surface area (Å²) < 4.78 is 12.7. The van der Waals surface area contributed by atoms with Gasteiger partial charge in [-0.25, -0.2) is 0 Å². The van der Waals surface area contributed by atoms with Gasteiger partial charge in [0.2, 0.25) is 0 Å². The molecule has 0 saturated heterocycles. The van der Waals surface area contributed by atoms with E-state index in [2.05, 4.69) is 0 Å². The van der Waals surface area contributed by atoms with Gasteiger partial charge in [0, 0.05) is 11.0 Å². The first-order chi connectivity index (χ1) is 2.64. The molecule has 0 atom stereocenters. The molecule has 0 spiro atoms. The third-order valence-corrected chi connectivity index (χ3v) is 0.321. The van der Waals surface area contributed by atoms with Gasteiger partial charge < -0.3 is 0 Å². The van der Waals surface area contributed by atoms with Gasteiger partial charge in [-0.3, -0.25) is 0 Å². The second-order valence-corrected chi connectivity index (χ2v) is 0.567. The Morgan fingerprint density at radius 1 is 1.50 bits per heavy atom. The molecule has 0 rings (SSSR count). The van der Waals surface area contributed by atoms with E-state index in [0.29, 0.717) is 0 Å². The summed E-state index contributed by atoms with van der Waals surface area (Å²) in [5.74, 6) is 0. The Morgan fingerprint density at radius 3 is 1.75 bits per heavy atom. The van der Waals surface area contributed by atoms with Gasteiger partial charge in [-0.05, 0) is 0 Å². The molecular weight excluding hydrogens is 94.9 g/mol. The first-order valence-electron chi connectivity index (χ1n) is 1.63. The molecule has 24 valence electrons. The monoisotopic (exact) mass is 98.0 g/mol. The molecule has 0 heterocycles. The highest BCUT2D eigenvalue weighted by Gasteiger charge is 1.40. The molecule has 0 aromatic heterocycles. The molecule has 2 heteroatoms. The van der Waals surface area contributed by atoms with Crippen LogP contribution in [-0.4, -0.2) is 0 Å². The smallest absolute Gasteiger partial charge is 0.0764 e. The van der Waals surface area contributed by atoms with Gasteiger partial charge in [0.25, 0.3) is 0 Å². The highest BCUT2D eigenvalue weighted by molar-refractivity contribution is 6.33. The Hall–Kier alpha value is 0.320. The first kappa shape index (κ1) is 1.68. The molecule has 0 saturated carbocycles. The average molecular weight is 99.0 g/mol. The average Bonchev–Trinajstić information content (AvgIpc) is 1.36. The summed E-state index contributed by atoms with van der Waals surface area (Å²) in [5, 5.41) is 0. The van der Waals surface area contributed by atoms with E-state index in [1.807, 2.05) is 0 Å². The van der Waals surface area contributed by atoms with E-state index >= 15 is 0 Å². The summed E-state index contributed by atoms with van der Waals surface area (Å²) in [7, 11) is 0. The van der Waals surface area contributed by atoms with E-state index in [1.54, 1.807) is 0 Å². The van der Waals surface area contributed by atoms with Crippen LogP contribution in [0.2, 0.25) is 0 Å². The molecule has 0 aromatic rings. The van der Waals surface area contributed by atoms with Gasteiger partial charge >= 0.3 is 0 Å². The molecular formula is C2H2Cl2. The minimum atomic E-state index is -0.420. The molecule has 0 unspecified atom stereocenters. The zero-order chi connectivity index (χ0) is 5.15. The lowest BCUT2D eigenvalue weighted by molar-refractivity contribution is 2.51. The Kier molecular flexibility index (Phi) is 1.40. The first-order valence-corrected chi connectivity index (χ1v) is 1.38. The predicted octanol–water partition coefficient (Wildman–Crippen LogP) is 1.94. The van der Waals surface area contributed by atoms with Crippen LogP contribution < -0.4 is 0 Å². The highest BCUT2D eigenvalue weighted by Crippen LogP contribution is 1.78. The number of hydrogen-bond acceptors (Lipinski definition) is 0. The van der Waals surface area contributed by atoms with E-state index in [-0.39, 0.29) is 0 Å². The second kappa shape index (κ2) is 3.32. The van der Waals surface area contributed by atoms with Crippen LogP contribution in [0.15, 0.2) is 11.0 Å². The Morgan fingerprint density at radius 2 is 1.75 bits per heavy atom. The SMILES string of the molecule is [2H]/C(Cl)=C(\[2H])Cl. The van der Waals surface area contributed by atoms with E-state index < -0.39 is 11.0 Å². The molecule has 0 fully saturated rings. The summed E-state index contributed by atoms with van der Waals surface area (Å²) in [5.41, 5.74) is -0.840. The van der Waals surface area contributed by atoms with Gasteiger partial charge in [-0.1, -0.05) is 23.2 Å². The number of halogens is 2. The van der Waals surface area contributed by atoms with Gasteiger partial charge in [-0.15, -0.1) is 0 Å². The van der Waals surface area contributed by atoms with E-state index in [4.69, 9.17) is 25.9 Å². The molecule has 0 nitrogen and oxygen atoms in total. The lowest BCUT2D eigenvalue weighted by atomic mass is 11.3. The fourth-order valence-corrected chi connectivity index (χ4v) is 0. The van der Waals surface area contributed by atoms with Crippen molar-refractivity contribution in [3.05, 3.63) is 11.0 Å². The van der Waals surface area contributed by atoms with Crippen LogP contribution in [-0.2, 0) is 0 Å². The molecule has 0 aromatic carbocycles. The molecule has 0 aliphatic carbocycles. The van der Waals surface area contributed by atoms with Crippen molar-refractivity contribution in [3.63, 3.8) is 0 Å². The third kappa shape index (κ3) is 2.32. The van der Waals surface area contributed by atoms with E-state index in [0.717, 1.165) is 0 Å². The van der Waals surface area contributed by atoms with Gasteiger partial charge in [0.15, 0.2) is 0 Å². The van der Waals surface area contributed by atoms with Crippen molar-refractivity contribution in [2.75, 3.05) is 0 Å². The van der Waals surface area contributed by atoms with Gasteiger partial charge in [0.1, 0.15) is 0 Å². The largest absolute Gasteiger partial charge is 0.0920 e. The molecule has 0 N–H and O–H groups in total. The van der Waals surface area contributed by atoms with Crippen LogP contribution in [0.1, 0.15) is 2.74 Å². The summed E-state index contributed by atoms with van der Waals surface area (Å²) in [4.78, 5) is 0. The molecule has 4 heavy (non-hydrogen) atoms. The third-order valence-electron chi connectivity index (χ3n) is 0.0357. The maximum absolute atomic E-state index is 6.36. The van der Waals surface area contributed by atoms with Crippen LogP contribution in [0, 0.1) is 0 Å². The van der Waals surface area contributed by atoms with Crippen molar-refractivity contribution in [2.45, 2.75) is 0 Å². The van der Waals surface area contributed by atoms with Crippen molar-refractivity contribution in [3.8, 4) is 0 Å². The minimum Gasteiger partial charge on any atom is -0.0920 e. The lowest BCUT2D eigenvalue weighted by Gasteiger charge is -1.44. The normalized spacial score (nSPS) is 21.5. The minimum absolute atomic E-state index is 0.420. The van der Waals surface area contributed by atoms with Crippen molar-refractivity contribution in [1.29, 1.82) is 0 Å². The van der Waals surface area contributed by atoms with Crippen LogP contribution in [0.5, 0.6) is 0 Å². The van der Waals surface area contributed by atoms with Crippen LogP contribution in [0.3, 0.4) is 0 Å². The van der Waals surface area contributed by atoms with Crippen LogP contribution >= 0.6 is 23.2 Å². The Bertz CT molecular complexity index is 59.6. The summed E-state index contributed by atoms with van der Waals surface area (Å²) >= 11 is 9.68. The number of hydrogen-bond donors (Lipinski definition) is 0. The number of rotatable bonds is 0. The zero-order valence-electron chi connectivity index (χ0n) is 3.76. The molecule has 0 aliphatic heterocycles. The molecule has 0 bridgehead atoms. The Labute approximate surface area is 37.8 Å². The molecule has 0 amide bonds. The molecule has 0 aliphatic rings. The summed E-state index contributed by atoms with van der Waals surface area (Å²) in [6.45, 7) is 0. The van der Waals surface area contributed by atoms with Crippen LogP contribution in [0.25, 0.3) is 0 Å². The predicted molar refractivity (Wildman–Crippen MR) is 20.8 cm³/mol. The van der Waals surface area contributed by atoms with Crippen molar-refractivity contribution in [2.24, 2.45) is 0 Å². The van der Waals surface area contributed by atoms with Gasteiger partial charge in [0.05, 0.1) is 2.74 Å². The van der Waals surface area contributed by atoms with E-state index in [9.17, 15) is 0 Å². The van der Waals surface area contributed by atoms with Crippen LogP contribution in [0.4, 0.5) is 0 Å². The lowest BCUT2D eigenvalue weighted by Crippen LogP contribution is -1.11. The summed E-state index contributed by atoms with van der Waals surface area (Å²) in [6, 6.07) is 0. The Balaban J connectivity index is 3.68. The van der Waals surface area contributed by atoms with Gasteiger partial charge in [-0.2, -0.15) is 0 Å². The summed E-state index contributed by atoms with van der Waals surface area (Å²) in [6.07, 6.45) is 0. The second-order valence-electron chi connectivity index (χ2n) is 0.189. The maximum Gasteiger partial charge on any atom is 0.0764 e. The van der Waals surface area contributed by atoms with E-state index in [1.165, 1.54) is 0 Å². The fraction of sp³-hybridized carbons (Fsp3) is 0. The zero-order valence-corrected chi connectivity index (χ0v) is 3.27. The topological polar surface area (TPSA) is 0 Å². The van der Waals surface area contributed by atoms with Crippen molar-refractivity contribution >= 4 is 23.2 Å². The quantitative estimate of drug-likeness (QED) is 0.435. The van der Waals surface area contributed by atoms with Crippen molar-refractivity contribution in [1.82, 2.24) is 0 Å². The molecule has 0 radical (unpaired) electrons. The maximum atomic E-state index is 6.36. The van der Waals surface area contributed by atoms with Crippen molar-refractivity contribution < 1.29 is 2.74 Å². The highest BCUT2D eigenvalue weighted by atomic mass is 35.5.